The molecule has 92 valence electrons. The van der Waals surface area contributed by atoms with Gasteiger partial charge in [-0.1, -0.05) is 12.8 Å². The van der Waals surface area contributed by atoms with Crippen LogP contribution in [-0.4, -0.2) is 24.4 Å². The molecule has 1 fully saturated rings. The number of amides is 2. The SMILES string of the molecule is NC(=O)CCCNC(=O)C1CCCCC1N. The quantitative estimate of drug-likeness (QED) is 0.571. The van der Waals surface area contributed by atoms with Gasteiger partial charge in [0.1, 0.15) is 0 Å². The summed E-state index contributed by atoms with van der Waals surface area (Å²) in [5.74, 6) is -0.359. The van der Waals surface area contributed by atoms with E-state index in [0.717, 1.165) is 25.7 Å². The Morgan fingerprint density at radius 1 is 1.25 bits per heavy atom. The minimum absolute atomic E-state index is 0.00936. The molecule has 0 aliphatic heterocycles. The van der Waals surface area contributed by atoms with Crippen molar-refractivity contribution in [2.75, 3.05) is 6.54 Å². The van der Waals surface area contributed by atoms with Gasteiger partial charge in [0, 0.05) is 19.0 Å². The molecule has 0 aromatic heterocycles. The van der Waals surface area contributed by atoms with Gasteiger partial charge in [-0.15, -0.1) is 0 Å². The van der Waals surface area contributed by atoms with Crippen LogP contribution in [0.3, 0.4) is 0 Å². The van der Waals surface area contributed by atoms with Crippen molar-refractivity contribution in [2.45, 2.75) is 44.6 Å². The first-order chi connectivity index (χ1) is 7.61. The summed E-state index contributed by atoms with van der Waals surface area (Å²) >= 11 is 0. The summed E-state index contributed by atoms with van der Waals surface area (Å²) in [5.41, 5.74) is 10.9. The fourth-order valence-electron chi connectivity index (χ4n) is 2.09. The van der Waals surface area contributed by atoms with Gasteiger partial charge in [0.2, 0.25) is 11.8 Å². The van der Waals surface area contributed by atoms with E-state index in [1.165, 1.54) is 0 Å². The molecule has 0 saturated heterocycles. The van der Waals surface area contributed by atoms with E-state index in [9.17, 15) is 9.59 Å². The Kier molecular flexibility index (Phi) is 5.25. The molecule has 16 heavy (non-hydrogen) atoms. The van der Waals surface area contributed by atoms with Gasteiger partial charge < -0.3 is 16.8 Å². The van der Waals surface area contributed by atoms with E-state index >= 15 is 0 Å². The third-order valence-electron chi connectivity index (χ3n) is 3.06. The van der Waals surface area contributed by atoms with Crippen molar-refractivity contribution in [3.63, 3.8) is 0 Å². The molecule has 1 saturated carbocycles. The molecule has 0 spiro atoms. The van der Waals surface area contributed by atoms with Crippen LogP contribution in [0.4, 0.5) is 0 Å². The predicted molar refractivity (Wildman–Crippen MR) is 61.4 cm³/mol. The molecule has 2 amide bonds. The van der Waals surface area contributed by atoms with Crippen molar-refractivity contribution in [2.24, 2.45) is 17.4 Å². The standard InChI is InChI=1S/C11H21N3O2/c12-9-5-2-1-4-8(9)11(16)14-7-3-6-10(13)15/h8-9H,1-7,12H2,(H2,13,15)(H,14,16). The van der Waals surface area contributed by atoms with Crippen molar-refractivity contribution >= 4 is 11.8 Å². The molecular formula is C11H21N3O2. The minimum atomic E-state index is -0.330. The molecule has 1 aliphatic rings. The maximum atomic E-state index is 11.7. The molecule has 0 aromatic rings. The zero-order chi connectivity index (χ0) is 12.0. The van der Waals surface area contributed by atoms with Crippen LogP contribution in [-0.2, 0) is 9.59 Å². The lowest BCUT2D eigenvalue weighted by atomic mass is 9.84. The molecule has 2 atom stereocenters. The first kappa shape index (κ1) is 13.0. The molecule has 1 rings (SSSR count). The minimum Gasteiger partial charge on any atom is -0.370 e. The fraction of sp³-hybridized carbons (Fsp3) is 0.818. The number of hydrogen-bond acceptors (Lipinski definition) is 3. The van der Waals surface area contributed by atoms with Crippen molar-refractivity contribution in [3.05, 3.63) is 0 Å². The number of carbonyl (C=O) groups excluding carboxylic acids is 2. The summed E-state index contributed by atoms with van der Waals surface area (Å²) < 4.78 is 0. The van der Waals surface area contributed by atoms with E-state index in [2.05, 4.69) is 5.32 Å². The maximum Gasteiger partial charge on any atom is 0.224 e. The van der Waals surface area contributed by atoms with Crippen LogP contribution in [0.25, 0.3) is 0 Å². The van der Waals surface area contributed by atoms with Crippen LogP contribution < -0.4 is 16.8 Å². The average molecular weight is 227 g/mol. The lowest BCUT2D eigenvalue weighted by Gasteiger charge is -2.27. The number of nitrogens with one attached hydrogen (secondary N) is 1. The molecule has 0 heterocycles. The smallest absolute Gasteiger partial charge is 0.224 e. The Balaban J connectivity index is 2.20. The van der Waals surface area contributed by atoms with E-state index < -0.39 is 0 Å². The van der Waals surface area contributed by atoms with E-state index in [1.807, 2.05) is 0 Å². The van der Waals surface area contributed by atoms with Crippen LogP contribution in [0.1, 0.15) is 38.5 Å². The Morgan fingerprint density at radius 2 is 1.94 bits per heavy atom. The van der Waals surface area contributed by atoms with Crippen LogP contribution in [0, 0.1) is 5.92 Å². The van der Waals surface area contributed by atoms with Gasteiger partial charge in [-0.3, -0.25) is 9.59 Å². The topological polar surface area (TPSA) is 98.2 Å². The Hall–Kier alpha value is -1.10. The second kappa shape index (κ2) is 6.48. The van der Waals surface area contributed by atoms with Crippen LogP contribution >= 0.6 is 0 Å². The summed E-state index contributed by atoms with van der Waals surface area (Å²) in [6.45, 7) is 0.505. The number of nitrogens with two attached hydrogens (primary N) is 2. The van der Waals surface area contributed by atoms with Gasteiger partial charge in [-0.05, 0) is 19.3 Å². The first-order valence-electron chi connectivity index (χ1n) is 5.93. The molecular weight excluding hydrogens is 206 g/mol. The van der Waals surface area contributed by atoms with Crippen molar-refractivity contribution in [1.82, 2.24) is 5.32 Å². The molecule has 5 heteroatoms. The molecule has 0 radical (unpaired) electrons. The number of carbonyl (C=O) groups is 2. The largest absolute Gasteiger partial charge is 0.370 e. The van der Waals surface area contributed by atoms with E-state index in [-0.39, 0.29) is 23.8 Å². The number of rotatable bonds is 5. The Bertz CT molecular complexity index is 256. The highest BCUT2D eigenvalue weighted by Crippen LogP contribution is 2.22. The molecule has 5 nitrogen and oxygen atoms in total. The third-order valence-corrected chi connectivity index (χ3v) is 3.06. The Morgan fingerprint density at radius 3 is 2.56 bits per heavy atom. The van der Waals surface area contributed by atoms with Crippen LogP contribution in [0.15, 0.2) is 0 Å². The lowest BCUT2D eigenvalue weighted by molar-refractivity contribution is -0.126. The maximum absolute atomic E-state index is 11.7. The third kappa shape index (κ3) is 4.18. The highest BCUT2D eigenvalue weighted by Gasteiger charge is 2.27. The summed E-state index contributed by atoms with van der Waals surface area (Å²) in [6.07, 6.45) is 4.92. The summed E-state index contributed by atoms with van der Waals surface area (Å²) in [5, 5.41) is 2.81. The van der Waals surface area contributed by atoms with Crippen molar-refractivity contribution in [1.29, 1.82) is 0 Å². The van der Waals surface area contributed by atoms with Crippen molar-refractivity contribution < 1.29 is 9.59 Å². The van der Waals surface area contributed by atoms with E-state index in [0.29, 0.717) is 19.4 Å². The predicted octanol–water partition coefficient (Wildman–Crippen LogP) is -0.114. The van der Waals surface area contributed by atoms with Crippen LogP contribution in [0.5, 0.6) is 0 Å². The fourth-order valence-corrected chi connectivity index (χ4v) is 2.09. The monoisotopic (exact) mass is 227 g/mol. The summed E-state index contributed by atoms with van der Waals surface area (Å²) in [6, 6.07) is -0.00936. The van der Waals surface area contributed by atoms with Gasteiger partial charge in [0.15, 0.2) is 0 Å². The Labute approximate surface area is 95.9 Å². The van der Waals surface area contributed by atoms with Gasteiger partial charge in [-0.2, -0.15) is 0 Å². The zero-order valence-corrected chi connectivity index (χ0v) is 9.58. The molecule has 1 aliphatic carbocycles. The van der Waals surface area contributed by atoms with Gasteiger partial charge in [0.05, 0.1) is 5.92 Å². The van der Waals surface area contributed by atoms with Gasteiger partial charge in [0.25, 0.3) is 0 Å². The number of hydrogen-bond donors (Lipinski definition) is 3. The second-order valence-corrected chi connectivity index (χ2v) is 4.42. The first-order valence-corrected chi connectivity index (χ1v) is 5.93. The van der Waals surface area contributed by atoms with Gasteiger partial charge >= 0.3 is 0 Å². The van der Waals surface area contributed by atoms with E-state index in [1.54, 1.807) is 0 Å². The summed E-state index contributed by atoms with van der Waals surface area (Å²) in [4.78, 5) is 22.2. The second-order valence-electron chi connectivity index (χ2n) is 4.42. The summed E-state index contributed by atoms with van der Waals surface area (Å²) in [7, 11) is 0. The average Bonchev–Trinajstić information content (AvgIpc) is 2.24. The highest BCUT2D eigenvalue weighted by molar-refractivity contribution is 5.79. The normalized spacial score (nSPS) is 25.1. The van der Waals surface area contributed by atoms with Gasteiger partial charge in [-0.25, -0.2) is 0 Å². The van der Waals surface area contributed by atoms with Crippen molar-refractivity contribution in [3.8, 4) is 0 Å². The molecule has 0 bridgehead atoms. The number of primary amides is 1. The molecule has 0 aromatic carbocycles. The lowest BCUT2D eigenvalue weighted by Crippen LogP contribution is -2.43. The highest BCUT2D eigenvalue weighted by atomic mass is 16.2. The van der Waals surface area contributed by atoms with E-state index in [4.69, 9.17) is 11.5 Å². The zero-order valence-electron chi connectivity index (χ0n) is 9.58. The van der Waals surface area contributed by atoms with Crippen LogP contribution in [0.2, 0.25) is 0 Å². The molecule has 5 N–H and O–H groups in total. The molecule has 2 unspecified atom stereocenters.